The number of thiol groups is 1. The van der Waals surface area contributed by atoms with Crippen LogP contribution in [0.2, 0.25) is 0 Å². The third kappa shape index (κ3) is 0.974. The zero-order valence-corrected chi connectivity index (χ0v) is 8.76. The Balaban J connectivity index is 2.14. The molecule has 0 N–H and O–H groups in total. The van der Waals surface area contributed by atoms with Crippen LogP contribution in [0, 0.1) is 0 Å². The van der Waals surface area contributed by atoms with Gasteiger partial charge in [0, 0.05) is 12.2 Å². The fraction of sp³-hybridized carbons (Fsp3) is 0.500. The molecule has 0 atom stereocenters. The zero-order chi connectivity index (χ0) is 9.71. The number of hydrogen-bond donors (Lipinski definition) is 1. The smallest absolute Gasteiger partial charge is 0.265 e. The number of aryl methyl sites for hydroxylation is 1. The van der Waals surface area contributed by atoms with Crippen molar-refractivity contribution >= 4 is 18.7 Å². The van der Waals surface area contributed by atoms with Crippen molar-refractivity contribution in [2.24, 2.45) is 0 Å². The van der Waals surface area contributed by atoms with Crippen molar-refractivity contribution < 1.29 is 4.79 Å². The fourth-order valence-corrected chi connectivity index (χ4v) is 2.66. The van der Waals surface area contributed by atoms with Crippen molar-refractivity contribution in [1.82, 2.24) is 8.87 Å². The number of nitrogens with zero attached hydrogens (tertiary/aromatic N) is 2. The van der Waals surface area contributed by atoms with Crippen LogP contribution in [0.25, 0.3) is 0 Å². The topological polar surface area (TPSA) is 25.2 Å². The van der Waals surface area contributed by atoms with Gasteiger partial charge in [0.25, 0.3) is 5.91 Å². The highest BCUT2D eigenvalue weighted by molar-refractivity contribution is 7.78. The molecule has 2 aliphatic heterocycles. The standard InChI is InChI=1S/C10H12N2OS/c13-10-8-5-7-3-1-2-4-11(7)9(8)6-12(10)14/h5,14H,1-4,6H2. The number of rotatable bonds is 0. The van der Waals surface area contributed by atoms with Gasteiger partial charge < -0.3 is 4.57 Å². The van der Waals surface area contributed by atoms with E-state index in [1.54, 1.807) is 0 Å². The molecule has 74 valence electrons. The highest BCUT2D eigenvalue weighted by atomic mass is 32.1. The van der Waals surface area contributed by atoms with Crippen LogP contribution in [0.1, 0.15) is 34.6 Å². The molecule has 0 radical (unpaired) electrons. The summed E-state index contributed by atoms with van der Waals surface area (Å²) in [5, 5.41) is 0. The summed E-state index contributed by atoms with van der Waals surface area (Å²) in [5.74, 6) is 0.0604. The lowest BCUT2D eigenvalue weighted by atomic mass is 10.1. The van der Waals surface area contributed by atoms with Gasteiger partial charge >= 0.3 is 0 Å². The minimum Gasteiger partial charge on any atom is -0.346 e. The summed E-state index contributed by atoms with van der Waals surface area (Å²) in [7, 11) is 0. The van der Waals surface area contributed by atoms with E-state index in [0.29, 0.717) is 6.54 Å². The molecule has 0 spiro atoms. The Morgan fingerprint density at radius 1 is 1.36 bits per heavy atom. The van der Waals surface area contributed by atoms with Crippen LogP contribution >= 0.6 is 12.8 Å². The molecule has 0 fully saturated rings. The molecular weight excluding hydrogens is 196 g/mol. The Kier molecular flexibility index (Phi) is 1.68. The van der Waals surface area contributed by atoms with E-state index in [4.69, 9.17) is 0 Å². The van der Waals surface area contributed by atoms with Crippen LogP contribution in [0.5, 0.6) is 0 Å². The maximum Gasteiger partial charge on any atom is 0.265 e. The maximum atomic E-state index is 11.7. The summed E-state index contributed by atoms with van der Waals surface area (Å²) in [4.78, 5) is 11.7. The van der Waals surface area contributed by atoms with E-state index in [2.05, 4.69) is 17.4 Å². The first-order valence-electron chi connectivity index (χ1n) is 4.99. The largest absolute Gasteiger partial charge is 0.346 e. The first kappa shape index (κ1) is 8.41. The van der Waals surface area contributed by atoms with Crippen LogP contribution in [0.15, 0.2) is 6.07 Å². The highest BCUT2D eigenvalue weighted by Crippen LogP contribution is 2.30. The van der Waals surface area contributed by atoms with Crippen molar-refractivity contribution in [2.75, 3.05) is 0 Å². The van der Waals surface area contributed by atoms with Crippen LogP contribution < -0.4 is 0 Å². The van der Waals surface area contributed by atoms with Gasteiger partial charge in [-0.25, -0.2) is 0 Å². The number of amides is 1. The number of carbonyl (C=O) groups is 1. The molecule has 4 heteroatoms. The second-order valence-corrected chi connectivity index (χ2v) is 4.45. The predicted octanol–water partition coefficient (Wildman–Crippen LogP) is 1.63. The Bertz CT molecular complexity index is 410. The molecule has 1 amide bonds. The maximum absolute atomic E-state index is 11.7. The molecule has 14 heavy (non-hydrogen) atoms. The van der Waals surface area contributed by atoms with Crippen molar-refractivity contribution in [2.45, 2.75) is 32.4 Å². The second-order valence-electron chi connectivity index (χ2n) is 3.97. The summed E-state index contributed by atoms with van der Waals surface area (Å²) in [5.41, 5.74) is 3.37. The molecule has 2 aliphatic rings. The number of carbonyl (C=O) groups excluding carboxylic acids is 1. The van der Waals surface area contributed by atoms with Crippen molar-refractivity contribution in [1.29, 1.82) is 0 Å². The molecule has 0 aliphatic carbocycles. The molecule has 0 saturated carbocycles. The number of fused-ring (bicyclic) bond motifs is 3. The van der Waals surface area contributed by atoms with Crippen molar-refractivity contribution in [3.63, 3.8) is 0 Å². The van der Waals surface area contributed by atoms with Gasteiger partial charge in [0.2, 0.25) is 0 Å². The Labute approximate surface area is 88.2 Å². The average Bonchev–Trinajstić information content (AvgIpc) is 2.67. The lowest BCUT2D eigenvalue weighted by Crippen LogP contribution is -2.16. The number of hydrogen-bond acceptors (Lipinski definition) is 2. The molecule has 1 aromatic heterocycles. The Morgan fingerprint density at radius 3 is 3.07 bits per heavy atom. The van der Waals surface area contributed by atoms with E-state index < -0.39 is 0 Å². The first-order chi connectivity index (χ1) is 6.77. The SMILES string of the molecule is O=C1c2cc3n(c2CN1S)CCCC3. The lowest BCUT2D eigenvalue weighted by molar-refractivity contribution is 0.0890. The molecule has 0 aromatic carbocycles. The van der Waals surface area contributed by atoms with Crippen LogP contribution in [-0.4, -0.2) is 14.8 Å². The van der Waals surface area contributed by atoms with E-state index in [1.165, 1.54) is 28.5 Å². The third-order valence-corrected chi connectivity index (χ3v) is 3.45. The van der Waals surface area contributed by atoms with Crippen LogP contribution in [-0.2, 0) is 19.5 Å². The van der Waals surface area contributed by atoms with Crippen LogP contribution in [0.4, 0.5) is 0 Å². The van der Waals surface area contributed by atoms with Gasteiger partial charge in [-0.3, -0.25) is 9.10 Å². The minimum atomic E-state index is 0.0604. The molecular formula is C10H12N2OS. The van der Waals surface area contributed by atoms with Gasteiger partial charge in [-0.2, -0.15) is 0 Å². The van der Waals surface area contributed by atoms with Crippen molar-refractivity contribution in [3.8, 4) is 0 Å². The molecule has 0 bridgehead atoms. The van der Waals surface area contributed by atoms with Crippen molar-refractivity contribution in [3.05, 3.63) is 23.0 Å². The Hall–Kier alpha value is -0.900. The summed E-state index contributed by atoms with van der Waals surface area (Å²) in [6.45, 7) is 1.73. The number of aromatic nitrogens is 1. The molecule has 0 unspecified atom stereocenters. The van der Waals surface area contributed by atoms with E-state index in [-0.39, 0.29) is 5.91 Å². The lowest BCUT2D eigenvalue weighted by Gasteiger charge is -2.18. The van der Waals surface area contributed by atoms with E-state index >= 15 is 0 Å². The summed E-state index contributed by atoms with van der Waals surface area (Å²) >= 11 is 4.14. The third-order valence-electron chi connectivity index (χ3n) is 3.12. The quantitative estimate of drug-likeness (QED) is 0.644. The molecule has 3 nitrogen and oxygen atoms in total. The fourth-order valence-electron chi connectivity index (χ4n) is 2.42. The molecule has 3 rings (SSSR count). The first-order valence-corrected chi connectivity index (χ1v) is 5.39. The van der Waals surface area contributed by atoms with Gasteiger partial charge in [0.15, 0.2) is 0 Å². The summed E-state index contributed by atoms with van der Waals surface area (Å²) in [6, 6.07) is 2.05. The van der Waals surface area contributed by atoms with Gasteiger partial charge in [-0.15, -0.1) is 0 Å². The van der Waals surface area contributed by atoms with E-state index in [0.717, 1.165) is 18.5 Å². The summed E-state index contributed by atoms with van der Waals surface area (Å²) < 4.78 is 3.79. The zero-order valence-electron chi connectivity index (χ0n) is 7.86. The molecule has 0 saturated heterocycles. The average molecular weight is 208 g/mol. The molecule has 3 heterocycles. The predicted molar refractivity (Wildman–Crippen MR) is 56.2 cm³/mol. The monoisotopic (exact) mass is 208 g/mol. The summed E-state index contributed by atoms with van der Waals surface area (Å²) in [6.07, 6.45) is 3.60. The van der Waals surface area contributed by atoms with Gasteiger partial charge in [0.05, 0.1) is 17.8 Å². The van der Waals surface area contributed by atoms with E-state index in [1.807, 2.05) is 6.07 Å². The molecule has 1 aromatic rings. The minimum absolute atomic E-state index is 0.0604. The second kappa shape index (κ2) is 2.79. The highest BCUT2D eigenvalue weighted by Gasteiger charge is 2.31. The van der Waals surface area contributed by atoms with E-state index in [9.17, 15) is 4.79 Å². The normalized spacial score (nSPS) is 19.8. The van der Waals surface area contributed by atoms with Crippen LogP contribution in [0.3, 0.4) is 0 Å². The Morgan fingerprint density at radius 2 is 2.21 bits per heavy atom. The van der Waals surface area contributed by atoms with Gasteiger partial charge in [-0.05, 0) is 25.3 Å². The van der Waals surface area contributed by atoms with Gasteiger partial charge in [0.1, 0.15) is 0 Å². The van der Waals surface area contributed by atoms with Gasteiger partial charge in [-0.1, -0.05) is 12.8 Å².